The number of aliphatic hydroxyl groups is 2. The summed E-state index contributed by atoms with van der Waals surface area (Å²) in [5.41, 5.74) is 0.318. The molecule has 2 bridgehead atoms. The molecule has 5 aliphatic rings. The Hall–Kier alpha value is -5.24. The molecule has 3 heterocycles. The molecule has 1 saturated heterocycles. The normalized spacial score (nSPS) is 28.2. The number of carbonyl (C=O) groups is 4. The highest BCUT2D eigenvalue weighted by Gasteiger charge is 2.82. The number of hydrogen-bond acceptors (Lipinski definition) is 11. The number of nitrogens with zero attached hydrogens (tertiary/aromatic N) is 1. The van der Waals surface area contributed by atoms with Gasteiger partial charge in [0.2, 0.25) is 0 Å². The van der Waals surface area contributed by atoms with Gasteiger partial charge in [-0.25, -0.2) is 10.4 Å². The van der Waals surface area contributed by atoms with Crippen molar-refractivity contribution in [3.05, 3.63) is 76.4 Å². The number of ether oxygens (including phenoxy) is 1. The lowest BCUT2D eigenvalue weighted by molar-refractivity contribution is -0.140. The van der Waals surface area contributed by atoms with Crippen LogP contribution in [0.25, 0.3) is 0 Å². The summed E-state index contributed by atoms with van der Waals surface area (Å²) in [7, 11) is 0. The van der Waals surface area contributed by atoms with Crippen LogP contribution in [0.2, 0.25) is 0 Å². The molecule has 3 aliphatic heterocycles. The number of hydrazine groups is 1. The van der Waals surface area contributed by atoms with E-state index < -0.39 is 58.6 Å². The average Bonchev–Trinajstić information content (AvgIpc) is 3.65. The lowest BCUT2D eigenvalue weighted by Gasteiger charge is -2.37. The molecular weight excluding hydrogens is 568 g/mol. The molecule has 2 aliphatic carbocycles. The van der Waals surface area contributed by atoms with Crippen molar-refractivity contribution in [3.63, 3.8) is 0 Å². The van der Waals surface area contributed by atoms with Crippen molar-refractivity contribution in [2.24, 2.45) is 0 Å². The average molecular weight is 593 g/mol. The van der Waals surface area contributed by atoms with E-state index in [0.717, 1.165) is 17.2 Å². The summed E-state index contributed by atoms with van der Waals surface area (Å²) in [4.78, 5) is 51.2. The maximum atomic E-state index is 14.0. The first-order valence-electron chi connectivity index (χ1n) is 13.8. The first-order valence-corrected chi connectivity index (χ1v) is 13.8. The van der Waals surface area contributed by atoms with Crippen LogP contribution in [0.15, 0.2) is 48.6 Å². The molecule has 2 aromatic rings. The molecule has 12 heteroatoms. The number of benzene rings is 2. The largest absolute Gasteiger partial charge is 0.507 e. The van der Waals surface area contributed by atoms with Crippen LogP contribution >= 0.6 is 0 Å². The number of carbonyl (C=O) groups excluding carboxylic acids is 4. The molecule has 5 atom stereocenters. The number of allylic oxidation sites excluding steroid dienone is 2. The molecule has 7 rings (SSSR count). The van der Waals surface area contributed by atoms with Gasteiger partial charge < -0.3 is 30.7 Å². The van der Waals surface area contributed by atoms with E-state index in [2.05, 4.69) is 39.7 Å². The zero-order valence-electron chi connectivity index (χ0n) is 23.1. The SMILES string of the molecule is C[C@@H](O)[C@@]12O[C@]13c1cc(O)c4c(c1N[C@H]2C#C/C=C\C#C[C@H]3O)C(=O)c1ccc(NCCNN2C(=O)C=CC2=O)cc1C4=O. The van der Waals surface area contributed by atoms with Gasteiger partial charge in [-0.3, -0.25) is 19.2 Å². The van der Waals surface area contributed by atoms with Crippen LogP contribution in [0.4, 0.5) is 11.4 Å². The third-order valence-corrected chi connectivity index (χ3v) is 8.49. The molecule has 0 radical (unpaired) electrons. The van der Waals surface area contributed by atoms with E-state index in [-0.39, 0.29) is 46.6 Å². The number of aromatic hydroxyl groups is 1. The number of epoxide rings is 1. The number of rotatable bonds is 6. The second-order valence-corrected chi connectivity index (χ2v) is 10.9. The van der Waals surface area contributed by atoms with E-state index in [0.29, 0.717) is 5.69 Å². The summed E-state index contributed by atoms with van der Waals surface area (Å²) >= 11 is 0. The van der Waals surface area contributed by atoms with Crippen molar-refractivity contribution in [2.75, 3.05) is 23.7 Å². The Morgan fingerprint density at radius 2 is 1.70 bits per heavy atom. The molecule has 0 aromatic heterocycles. The van der Waals surface area contributed by atoms with Gasteiger partial charge in [-0.1, -0.05) is 23.7 Å². The van der Waals surface area contributed by atoms with Gasteiger partial charge in [-0.15, -0.1) is 0 Å². The highest BCUT2D eigenvalue weighted by molar-refractivity contribution is 6.31. The lowest BCUT2D eigenvalue weighted by atomic mass is 9.69. The second kappa shape index (κ2) is 9.64. The molecule has 2 aromatic carbocycles. The standard InChI is InChI=1S/C32H24N4O8/c1-16(37)31-22-6-4-2-3-5-7-23(39)32(31,44-31)20-15-21(38)26-27(28(20)35-22)29(42)18-9-8-17(14-19(18)30(26)43)33-12-13-34-36-24(40)10-11-25(36)41/h2-3,8-11,14-16,22-23,33-35,37-39H,12-13H2,1H3/b3-2-/t16-,22+,23-,31+,32+/m1/s1. The summed E-state index contributed by atoms with van der Waals surface area (Å²) in [5.74, 6) is 8.65. The van der Waals surface area contributed by atoms with Gasteiger partial charge in [-0.2, -0.15) is 0 Å². The minimum atomic E-state index is -1.64. The predicted octanol–water partition coefficient (Wildman–Crippen LogP) is 0.0858. The summed E-state index contributed by atoms with van der Waals surface area (Å²) in [6, 6.07) is 4.96. The molecule has 0 saturated carbocycles. The summed E-state index contributed by atoms with van der Waals surface area (Å²) in [5, 5.41) is 40.5. The molecule has 0 spiro atoms. The van der Waals surface area contributed by atoms with Crippen molar-refractivity contribution in [2.45, 2.75) is 36.4 Å². The fourth-order valence-corrected chi connectivity index (χ4v) is 6.48. The summed E-state index contributed by atoms with van der Waals surface area (Å²) in [6.45, 7) is 1.98. The number of amides is 2. The van der Waals surface area contributed by atoms with E-state index in [9.17, 15) is 34.5 Å². The van der Waals surface area contributed by atoms with Gasteiger partial charge >= 0.3 is 0 Å². The minimum absolute atomic E-state index is 0.0677. The zero-order valence-corrected chi connectivity index (χ0v) is 23.1. The third-order valence-electron chi connectivity index (χ3n) is 8.49. The Balaban J connectivity index is 1.24. The van der Waals surface area contributed by atoms with Crippen LogP contribution in [0.3, 0.4) is 0 Å². The van der Waals surface area contributed by atoms with E-state index >= 15 is 0 Å². The van der Waals surface area contributed by atoms with Gasteiger partial charge in [-0.05, 0) is 43.3 Å². The number of anilines is 2. The maximum Gasteiger partial charge on any atom is 0.268 e. The van der Waals surface area contributed by atoms with Gasteiger partial charge in [0.1, 0.15) is 11.8 Å². The molecule has 44 heavy (non-hydrogen) atoms. The van der Waals surface area contributed by atoms with Crippen molar-refractivity contribution >= 4 is 34.8 Å². The molecule has 220 valence electrons. The van der Waals surface area contributed by atoms with E-state index in [4.69, 9.17) is 4.74 Å². The molecule has 1 fully saturated rings. The monoisotopic (exact) mass is 592 g/mol. The number of aliphatic hydroxyl groups excluding tert-OH is 2. The number of imide groups is 1. The fraction of sp³-hybridized carbons (Fsp3) is 0.250. The van der Waals surface area contributed by atoms with Crippen molar-refractivity contribution in [1.29, 1.82) is 0 Å². The first kappa shape index (κ1) is 27.6. The zero-order chi connectivity index (χ0) is 31.0. The maximum absolute atomic E-state index is 14.0. The summed E-state index contributed by atoms with van der Waals surface area (Å²) in [6.07, 6.45) is 2.67. The number of phenols is 1. The highest BCUT2D eigenvalue weighted by Crippen LogP contribution is 2.67. The van der Waals surface area contributed by atoms with E-state index in [1.54, 1.807) is 6.07 Å². The van der Waals surface area contributed by atoms with Crippen molar-refractivity contribution in [3.8, 4) is 29.4 Å². The quantitative estimate of drug-likeness (QED) is 0.0751. The number of phenolic OH excluding ortho intramolecular Hbond substituents is 1. The predicted molar refractivity (Wildman–Crippen MR) is 154 cm³/mol. The molecule has 6 N–H and O–H groups in total. The van der Waals surface area contributed by atoms with Crippen LogP contribution in [0.1, 0.15) is 44.3 Å². The van der Waals surface area contributed by atoms with E-state index in [1.807, 2.05) is 0 Å². The lowest BCUT2D eigenvalue weighted by Crippen LogP contribution is -2.54. The Bertz CT molecular complexity index is 1890. The van der Waals surface area contributed by atoms with Gasteiger partial charge in [0.15, 0.2) is 28.9 Å². The number of nitrogens with one attached hydrogen (secondary N) is 3. The summed E-state index contributed by atoms with van der Waals surface area (Å²) < 4.78 is 6.17. The third kappa shape index (κ3) is 3.63. The Labute approximate surface area is 250 Å². The second-order valence-electron chi connectivity index (χ2n) is 10.9. The van der Waals surface area contributed by atoms with Crippen LogP contribution in [-0.4, -0.2) is 80.6 Å². The Morgan fingerprint density at radius 1 is 1.00 bits per heavy atom. The van der Waals surface area contributed by atoms with Crippen LogP contribution in [0, 0.1) is 23.7 Å². The topological polar surface area (TPSA) is 181 Å². The molecule has 0 unspecified atom stereocenters. The Kier molecular flexibility index (Phi) is 6.04. The van der Waals surface area contributed by atoms with Gasteiger partial charge in [0, 0.05) is 47.6 Å². The van der Waals surface area contributed by atoms with E-state index in [1.165, 1.54) is 37.3 Å². The Morgan fingerprint density at radius 3 is 2.43 bits per heavy atom. The molecule has 2 amide bonds. The van der Waals surface area contributed by atoms with Gasteiger partial charge in [0.25, 0.3) is 11.8 Å². The van der Waals surface area contributed by atoms with Gasteiger partial charge in [0.05, 0.1) is 22.9 Å². The van der Waals surface area contributed by atoms with Crippen LogP contribution < -0.4 is 16.1 Å². The number of hydrogen-bond donors (Lipinski definition) is 6. The first-order chi connectivity index (χ1) is 21.1. The minimum Gasteiger partial charge on any atom is -0.507 e. The van der Waals surface area contributed by atoms with Crippen LogP contribution in [0.5, 0.6) is 5.75 Å². The van der Waals surface area contributed by atoms with Crippen molar-refractivity contribution < 1.29 is 39.2 Å². The molecular formula is C32H24N4O8. The van der Waals surface area contributed by atoms with Crippen LogP contribution in [-0.2, 0) is 19.9 Å². The number of ketones is 2. The van der Waals surface area contributed by atoms with Crippen molar-refractivity contribution in [1.82, 2.24) is 10.4 Å². The fourth-order valence-electron chi connectivity index (χ4n) is 6.48. The highest BCUT2D eigenvalue weighted by atomic mass is 16.7. The smallest absolute Gasteiger partial charge is 0.268 e. The molecule has 12 nitrogen and oxygen atoms in total. The number of fused-ring (bicyclic) bond motifs is 4.